The van der Waals surface area contributed by atoms with Gasteiger partial charge in [-0.1, -0.05) is 0 Å². The van der Waals surface area contributed by atoms with Crippen LogP contribution in [0.15, 0.2) is 24.3 Å². The quantitative estimate of drug-likeness (QED) is 0.182. The third-order valence-electron chi connectivity index (χ3n) is 7.55. The van der Waals surface area contributed by atoms with Crippen molar-refractivity contribution in [1.29, 1.82) is 0 Å². The van der Waals surface area contributed by atoms with Crippen LogP contribution in [0, 0.1) is 34.9 Å². The number of hydrogen-bond donors (Lipinski definition) is 4. The number of hydrogen-bond acceptors (Lipinski definition) is 9. The number of aliphatic carboxylic acids is 2. The number of carbonyl (C=O) groups is 5. The minimum absolute atomic E-state index is 0. The van der Waals surface area contributed by atoms with Gasteiger partial charge in [0.15, 0.2) is 34.0 Å². The Labute approximate surface area is 320 Å². The number of carbonyl (C=O) groups excluding carboxylic acids is 3. The number of carboxylic acid groups (broad SMARTS) is 2. The highest BCUT2D eigenvalue weighted by Crippen LogP contribution is 2.27. The lowest BCUT2D eigenvalue weighted by Crippen LogP contribution is -2.46. The van der Waals surface area contributed by atoms with Gasteiger partial charge in [-0.3, -0.25) is 9.59 Å². The minimum Gasteiger partial charge on any atom is -0.479 e. The Kier molecular flexibility index (Phi) is 17.3. The van der Waals surface area contributed by atoms with Gasteiger partial charge in [-0.25, -0.2) is 40.7 Å². The molecule has 0 saturated carbocycles. The Bertz CT molecular complexity index is 1710. The molecule has 2 saturated heterocycles. The molecule has 12 nitrogen and oxygen atoms in total. The van der Waals surface area contributed by atoms with Gasteiger partial charge >= 0.3 is 18.0 Å². The Morgan fingerprint density at radius 2 is 1.17 bits per heavy atom. The van der Waals surface area contributed by atoms with Gasteiger partial charge in [0.2, 0.25) is 11.8 Å². The molecule has 0 unspecified atom stereocenters. The average molecular weight is 833 g/mol. The summed E-state index contributed by atoms with van der Waals surface area (Å²) in [6.45, 7) is 5.38. The molecule has 2 aromatic rings. The lowest BCUT2D eigenvalue weighted by Gasteiger charge is -2.26. The van der Waals surface area contributed by atoms with Crippen LogP contribution in [0.5, 0.6) is 0 Å². The first kappa shape index (κ1) is 46.3. The maximum absolute atomic E-state index is 14.1. The van der Waals surface area contributed by atoms with Gasteiger partial charge in [0, 0.05) is 61.7 Å². The van der Waals surface area contributed by atoms with Crippen LogP contribution in [0.4, 0.5) is 31.1 Å². The first-order chi connectivity index (χ1) is 24.7. The highest BCUT2D eigenvalue weighted by atomic mass is 35.5. The van der Waals surface area contributed by atoms with Crippen LogP contribution in [-0.4, -0.2) is 103 Å². The fourth-order valence-corrected chi connectivity index (χ4v) is 7.38. The third kappa shape index (κ3) is 13.5. The topological polar surface area (TPSA) is 180 Å². The molecule has 300 valence electrons. The zero-order valence-electron chi connectivity index (χ0n) is 29.1. The first-order valence-corrected chi connectivity index (χ1v) is 18.1. The Morgan fingerprint density at radius 1 is 0.759 bits per heavy atom. The lowest BCUT2D eigenvalue weighted by molar-refractivity contribution is -0.145. The van der Waals surface area contributed by atoms with E-state index < -0.39 is 93.2 Å². The second-order valence-corrected chi connectivity index (χ2v) is 15.3. The molecule has 0 aromatic heterocycles. The normalized spacial score (nSPS) is 17.8. The number of carboxylic acids is 2. The van der Waals surface area contributed by atoms with Gasteiger partial charge < -0.3 is 35.8 Å². The van der Waals surface area contributed by atoms with E-state index in [1.165, 1.54) is 4.90 Å². The van der Waals surface area contributed by atoms with E-state index in [1.807, 2.05) is 0 Å². The lowest BCUT2D eigenvalue weighted by atomic mass is 10.0. The molecule has 0 radical (unpaired) electrons. The Morgan fingerprint density at radius 3 is 1.59 bits per heavy atom. The van der Waals surface area contributed by atoms with Gasteiger partial charge in [-0.2, -0.15) is 0 Å². The molecule has 0 aliphatic carbocycles. The molecule has 5 N–H and O–H groups in total. The average Bonchev–Trinajstić information content (AvgIpc) is 3.73. The summed E-state index contributed by atoms with van der Waals surface area (Å²) < 4.78 is 85.5. The molecule has 4 atom stereocenters. The van der Waals surface area contributed by atoms with Crippen molar-refractivity contribution in [3.8, 4) is 0 Å². The van der Waals surface area contributed by atoms with E-state index in [4.69, 9.17) is 15.6 Å². The highest BCUT2D eigenvalue weighted by molar-refractivity contribution is 8.01. The van der Waals surface area contributed by atoms with Crippen LogP contribution in [0.25, 0.3) is 0 Å². The smallest absolute Gasteiger partial charge is 0.407 e. The highest BCUT2D eigenvalue weighted by Gasteiger charge is 2.37. The van der Waals surface area contributed by atoms with Crippen LogP contribution in [0.2, 0.25) is 0 Å². The first-order valence-electron chi connectivity index (χ1n) is 16.0. The number of alkyl carbamates (subject to hydrolysis) is 1. The van der Waals surface area contributed by atoms with E-state index in [9.17, 15) is 55.4 Å². The summed E-state index contributed by atoms with van der Waals surface area (Å²) in [5.74, 6) is -9.46. The van der Waals surface area contributed by atoms with Gasteiger partial charge in [0.05, 0.1) is 0 Å². The summed E-state index contributed by atoms with van der Waals surface area (Å²) in [7, 11) is 0. The molecule has 2 heterocycles. The Hall–Kier alpha value is -3.88. The molecule has 2 aromatic carbocycles. The predicted molar refractivity (Wildman–Crippen MR) is 189 cm³/mol. The van der Waals surface area contributed by atoms with Gasteiger partial charge in [-0.05, 0) is 56.9 Å². The maximum Gasteiger partial charge on any atom is 0.407 e. The fraction of sp³-hybridized carbons (Fsp3) is 0.485. The van der Waals surface area contributed by atoms with Crippen molar-refractivity contribution >= 4 is 65.8 Å². The second-order valence-electron chi connectivity index (χ2n) is 12.9. The van der Waals surface area contributed by atoms with E-state index in [0.717, 1.165) is 28.4 Å². The van der Waals surface area contributed by atoms with Crippen LogP contribution < -0.4 is 11.1 Å². The van der Waals surface area contributed by atoms with Gasteiger partial charge in [0.25, 0.3) is 0 Å². The zero-order chi connectivity index (χ0) is 39.8. The predicted octanol–water partition coefficient (Wildman–Crippen LogP) is 4.69. The summed E-state index contributed by atoms with van der Waals surface area (Å²) >= 11 is 2.23. The summed E-state index contributed by atoms with van der Waals surface area (Å²) in [4.78, 5) is 61.6. The monoisotopic (exact) mass is 832 g/mol. The molecular formula is C33H39ClF6N4O8S2. The van der Waals surface area contributed by atoms with Crippen LogP contribution in [-0.2, 0) is 36.8 Å². The van der Waals surface area contributed by atoms with E-state index in [-0.39, 0.29) is 55.8 Å². The van der Waals surface area contributed by atoms with Crippen molar-refractivity contribution in [1.82, 2.24) is 15.1 Å². The number of amides is 3. The van der Waals surface area contributed by atoms with E-state index in [2.05, 4.69) is 5.32 Å². The van der Waals surface area contributed by atoms with Gasteiger partial charge in [-0.15, -0.1) is 35.9 Å². The van der Waals surface area contributed by atoms with E-state index in [0.29, 0.717) is 42.3 Å². The number of rotatable bonds is 11. The number of benzene rings is 2. The number of ether oxygens (including phenoxy) is 1. The minimum atomic E-state index is -1.36. The van der Waals surface area contributed by atoms with E-state index in [1.54, 1.807) is 20.8 Å². The molecule has 21 heteroatoms. The molecule has 4 rings (SSSR count). The molecular weight excluding hydrogens is 794 g/mol. The molecule has 2 aliphatic rings. The summed E-state index contributed by atoms with van der Waals surface area (Å²) in [5, 5.41) is 18.7. The van der Waals surface area contributed by atoms with Crippen molar-refractivity contribution in [2.75, 3.05) is 24.6 Å². The van der Waals surface area contributed by atoms with Crippen LogP contribution in [0.1, 0.15) is 44.7 Å². The van der Waals surface area contributed by atoms with Crippen molar-refractivity contribution < 1.29 is 65.3 Å². The van der Waals surface area contributed by atoms with Gasteiger partial charge in [0.1, 0.15) is 17.2 Å². The van der Waals surface area contributed by atoms with Crippen molar-refractivity contribution in [2.24, 2.45) is 5.73 Å². The molecule has 3 amide bonds. The van der Waals surface area contributed by atoms with Crippen LogP contribution in [0.3, 0.4) is 0 Å². The number of nitrogens with zero attached hydrogens (tertiary/aromatic N) is 2. The van der Waals surface area contributed by atoms with Crippen LogP contribution >= 0.6 is 35.9 Å². The second kappa shape index (κ2) is 20.2. The molecule has 0 bridgehead atoms. The zero-order valence-corrected chi connectivity index (χ0v) is 31.5. The van der Waals surface area contributed by atoms with Crippen molar-refractivity contribution in [3.63, 3.8) is 0 Å². The van der Waals surface area contributed by atoms with Crippen molar-refractivity contribution in [3.05, 3.63) is 70.3 Å². The summed E-state index contributed by atoms with van der Waals surface area (Å²) in [5.41, 5.74) is 4.55. The standard InChI is InChI=1S/C19H23F3N2O5S.C14H15F3N2O3S.ClH/c1-19(2,3)29-18(28)23-11(6-10-7-13(21)14(22)9-12(10)20)8-15(25)24-4-5-30-16(24)17(26)27;15-9-6-11(17)10(16)4-7(9)3-8(18)5-12(20)19-1-2-23-13(19)14(21)22;/h7,9,11,16H,4-6,8H2,1-3H3,(H,23,28)(H,26,27);4,6,8,13H,1-3,5,18H2,(H,21,22);1H/t11-,16+;8-,13+;/m11./s1. The van der Waals surface area contributed by atoms with Crippen molar-refractivity contribution in [2.45, 2.75) is 74.9 Å². The third-order valence-corrected chi connectivity index (χ3v) is 9.93. The molecule has 2 aliphatic heterocycles. The molecule has 54 heavy (non-hydrogen) atoms. The maximum atomic E-state index is 14.1. The number of nitrogens with two attached hydrogens (primary N) is 1. The van der Waals surface area contributed by atoms with E-state index >= 15 is 0 Å². The number of nitrogens with one attached hydrogen (secondary N) is 1. The summed E-state index contributed by atoms with van der Waals surface area (Å²) in [6.07, 6.45) is -1.95. The summed E-state index contributed by atoms with van der Waals surface area (Å²) in [6, 6.07) is 0.310. The molecule has 0 spiro atoms. The fourth-order valence-electron chi connectivity index (χ4n) is 5.24. The SMILES string of the molecule is CC(C)(C)OC(=O)N[C@@H](CC(=O)N1CCS[C@H]1C(=O)O)Cc1cc(F)c(F)cc1F.Cl.N[C@@H](CC(=O)N1CCS[C@H]1C(=O)O)Cc1cc(F)c(F)cc1F. The number of halogens is 7. The molecule has 2 fully saturated rings. The Balaban J connectivity index is 0.000000379. The number of thioether (sulfide) groups is 2. The largest absolute Gasteiger partial charge is 0.479 e.